The molecule has 8 aromatic rings. The van der Waals surface area contributed by atoms with Gasteiger partial charge in [0.15, 0.2) is 0 Å². The van der Waals surface area contributed by atoms with Crippen LogP contribution in [0.1, 0.15) is 11.3 Å². The summed E-state index contributed by atoms with van der Waals surface area (Å²) in [7, 11) is -1.43. The Balaban J connectivity index is 0.000000159. The van der Waals surface area contributed by atoms with Gasteiger partial charge in [0.1, 0.15) is 8.07 Å². The van der Waals surface area contributed by atoms with Gasteiger partial charge in [0.25, 0.3) is 0 Å². The normalized spacial score (nSPS) is 11.9. The Morgan fingerprint density at radius 1 is 0.566 bits per heavy atom. The third kappa shape index (κ3) is 9.08. The third-order valence-electron chi connectivity index (χ3n) is 7.87. The van der Waals surface area contributed by atoms with E-state index in [1.807, 2.05) is 115 Å². The molecule has 0 amide bonds. The van der Waals surface area contributed by atoms with Crippen molar-refractivity contribution < 1.29 is 19.5 Å². The molecule has 0 saturated heterocycles. The number of benzene rings is 2. The summed E-state index contributed by atoms with van der Waals surface area (Å²) in [6.45, 7) is 7.49. The summed E-state index contributed by atoms with van der Waals surface area (Å²) >= 11 is 0. The van der Waals surface area contributed by atoms with Crippen molar-refractivity contribution in [3.05, 3.63) is 163 Å². The van der Waals surface area contributed by atoms with Crippen molar-refractivity contribution in [3.8, 4) is 22.9 Å². The Bertz CT molecular complexity index is 2580. The van der Waals surface area contributed by atoms with Crippen LogP contribution in [0.15, 0.2) is 146 Å². The number of aromatic nitrogens is 7. The minimum absolute atomic E-state index is 0. The first kappa shape index (κ1) is 36.8. The topological polar surface area (TPSA) is 104 Å². The van der Waals surface area contributed by atoms with Gasteiger partial charge in [-0.25, -0.2) is 9.97 Å². The van der Waals surface area contributed by atoms with E-state index in [1.165, 1.54) is 0 Å². The van der Waals surface area contributed by atoms with E-state index in [0.29, 0.717) is 0 Å². The SMILES string of the molecule is C1=CC[N-]C(c2ccccn2)=C1.C[Si](C)(C)C#Cc1ccc2nc3c4cccnc4c4ncccc4c3nc2c1.[Ru+].c1ccc(-c2ccccn2)nc1. The van der Waals surface area contributed by atoms with Crippen LogP contribution in [-0.4, -0.2) is 49.5 Å². The standard InChI is InChI=1S/C23H18N4Si.C10H9N2.C10H8N2.Ru/c1-28(2,3)13-10-15-8-9-18-19(14-15)27-23-17-7-5-12-25-21(17)20-16(22(23)26-18)6-4-11-24-20;2*1-3-7-11-9(5-1)10-6-2-4-8-12-10;/h4-9,11-12,14H,1-3H3;1-7H,8H2;1-8H;/q;-1;;+1. The predicted octanol–water partition coefficient (Wildman–Crippen LogP) is 9.62. The molecule has 9 rings (SSSR count). The van der Waals surface area contributed by atoms with Gasteiger partial charge < -0.3 is 5.32 Å². The van der Waals surface area contributed by atoms with Crippen LogP contribution in [0, 0.1) is 11.5 Å². The van der Waals surface area contributed by atoms with E-state index in [0.717, 1.165) is 78.8 Å². The van der Waals surface area contributed by atoms with Crippen molar-refractivity contribution in [1.82, 2.24) is 34.9 Å². The number of fused-ring (bicyclic) bond motifs is 7. The van der Waals surface area contributed by atoms with Gasteiger partial charge in [0, 0.05) is 53.0 Å². The quantitative estimate of drug-likeness (QED) is 0.0744. The molecule has 0 spiro atoms. The van der Waals surface area contributed by atoms with Crippen LogP contribution in [0.3, 0.4) is 0 Å². The molecule has 259 valence electrons. The molecule has 53 heavy (non-hydrogen) atoms. The molecule has 0 atom stereocenters. The molecule has 10 heteroatoms. The first-order valence-corrected chi connectivity index (χ1v) is 20.5. The minimum Gasteiger partial charge on any atom is -0.679 e. The second-order valence-electron chi connectivity index (χ2n) is 12.9. The van der Waals surface area contributed by atoms with E-state index in [4.69, 9.17) is 9.97 Å². The molecule has 0 unspecified atom stereocenters. The van der Waals surface area contributed by atoms with Crippen molar-refractivity contribution in [3.63, 3.8) is 0 Å². The zero-order valence-electron chi connectivity index (χ0n) is 29.5. The summed E-state index contributed by atoms with van der Waals surface area (Å²) < 4.78 is 0. The molecule has 2 aromatic carbocycles. The van der Waals surface area contributed by atoms with Crippen LogP contribution in [0.4, 0.5) is 0 Å². The van der Waals surface area contributed by atoms with Gasteiger partial charge in [0.2, 0.25) is 0 Å². The zero-order valence-corrected chi connectivity index (χ0v) is 32.2. The van der Waals surface area contributed by atoms with Gasteiger partial charge in [-0.3, -0.25) is 24.9 Å². The molecule has 0 fully saturated rings. The molecule has 0 aliphatic carbocycles. The fourth-order valence-corrected chi connectivity index (χ4v) is 5.99. The molecule has 7 heterocycles. The third-order valence-corrected chi connectivity index (χ3v) is 8.75. The maximum atomic E-state index is 4.97. The molecule has 1 radical (unpaired) electrons. The molecular formula is C43H35N8RuSi. The summed E-state index contributed by atoms with van der Waals surface area (Å²) in [5.41, 5.74) is 13.3. The van der Waals surface area contributed by atoms with Gasteiger partial charge in [0.05, 0.1) is 44.5 Å². The van der Waals surface area contributed by atoms with Gasteiger partial charge in [-0.05, 0) is 78.9 Å². The molecule has 6 aromatic heterocycles. The van der Waals surface area contributed by atoms with Gasteiger partial charge in [-0.15, -0.1) is 23.9 Å². The summed E-state index contributed by atoms with van der Waals surface area (Å²) in [5.74, 6) is 3.31. The van der Waals surface area contributed by atoms with Crippen LogP contribution < -0.4 is 0 Å². The van der Waals surface area contributed by atoms with E-state index in [9.17, 15) is 0 Å². The zero-order chi connectivity index (χ0) is 35.8. The molecule has 0 bridgehead atoms. The van der Waals surface area contributed by atoms with Gasteiger partial charge >= 0.3 is 19.5 Å². The van der Waals surface area contributed by atoms with Crippen molar-refractivity contribution >= 4 is 57.6 Å². The molecule has 1 aliphatic heterocycles. The van der Waals surface area contributed by atoms with Gasteiger partial charge in [-0.2, -0.15) is 0 Å². The first-order chi connectivity index (χ1) is 25.4. The van der Waals surface area contributed by atoms with Crippen molar-refractivity contribution in [2.24, 2.45) is 0 Å². The van der Waals surface area contributed by atoms with E-state index in [-0.39, 0.29) is 19.5 Å². The van der Waals surface area contributed by atoms with Crippen molar-refractivity contribution in [2.75, 3.05) is 6.54 Å². The van der Waals surface area contributed by atoms with Crippen LogP contribution in [0.25, 0.3) is 66.3 Å². The van der Waals surface area contributed by atoms with E-state index in [1.54, 1.807) is 31.0 Å². The van der Waals surface area contributed by atoms with Crippen LogP contribution >= 0.6 is 0 Å². The summed E-state index contributed by atoms with van der Waals surface area (Å²) in [6, 6.07) is 31.4. The second-order valence-corrected chi connectivity index (χ2v) is 17.6. The van der Waals surface area contributed by atoms with Gasteiger partial charge in [-0.1, -0.05) is 55.9 Å². The summed E-state index contributed by atoms with van der Waals surface area (Å²) in [5, 5.41) is 6.25. The molecule has 8 nitrogen and oxygen atoms in total. The number of nitrogens with zero attached hydrogens (tertiary/aromatic N) is 8. The predicted molar refractivity (Wildman–Crippen MR) is 215 cm³/mol. The van der Waals surface area contributed by atoms with E-state index in [2.05, 4.69) is 61.3 Å². The number of hydrogen-bond donors (Lipinski definition) is 0. The fraction of sp³-hybridized carbons (Fsp3) is 0.0930. The van der Waals surface area contributed by atoms with Crippen LogP contribution in [-0.2, 0) is 19.5 Å². The second kappa shape index (κ2) is 17.0. The Hall–Kier alpha value is -6.01. The van der Waals surface area contributed by atoms with Crippen LogP contribution in [0.2, 0.25) is 19.6 Å². The Kier molecular flexibility index (Phi) is 11.8. The number of allylic oxidation sites excluding steroid dienone is 2. The summed E-state index contributed by atoms with van der Waals surface area (Å²) in [6.07, 6.45) is 14.9. The average molecular weight is 793 g/mol. The monoisotopic (exact) mass is 793 g/mol. The Morgan fingerprint density at radius 2 is 1.11 bits per heavy atom. The maximum Gasteiger partial charge on any atom is 1.00 e. The summed E-state index contributed by atoms with van der Waals surface area (Å²) in [4.78, 5) is 31.6. The van der Waals surface area contributed by atoms with Crippen molar-refractivity contribution in [1.29, 1.82) is 0 Å². The fourth-order valence-electron chi connectivity index (χ4n) is 5.47. The molecular weight excluding hydrogens is 758 g/mol. The number of hydrogen-bond acceptors (Lipinski definition) is 7. The smallest absolute Gasteiger partial charge is 0.679 e. The molecule has 1 aliphatic rings. The van der Waals surface area contributed by atoms with Crippen LogP contribution in [0.5, 0.6) is 0 Å². The van der Waals surface area contributed by atoms with Crippen molar-refractivity contribution in [2.45, 2.75) is 19.6 Å². The average Bonchev–Trinajstić information content (AvgIpc) is 3.21. The Labute approximate surface area is 322 Å². The number of pyridine rings is 5. The maximum absolute atomic E-state index is 4.97. The van der Waals surface area contributed by atoms with E-state index >= 15 is 0 Å². The Morgan fingerprint density at radius 3 is 1.62 bits per heavy atom. The first-order valence-electron chi connectivity index (χ1n) is 17.0. The largest absolute Gasteiger partial charge is 1.00 e. The van der Waals surface area contributed by atoms with E-state index < -0.39 is 8.07 Å². The molecule has 0 N–H and O–H groups in total. The number of rotatable bonds is 2. The minimum atomic E-state index is -1.43. The molecule has 0 saturated carbocycles.